The highest BCUT2D eigenvalue weighted by Gasteiger charge is 2.18. The zero-order valence-electron chi connectivity index (χ0n) is 6.83. The van der Waals surface area contributed by atoms with Crippen molar-refractivity contribution < 1.29 is 15.3 Å². The normalized spacial score (nSPS) is 15.3. The Morgan fingerprint density at radius 2 is 2.00 bits per heavy atom. The van der Waals surface area contributed by atoms with Gasteiger partial charge in [-0.15, -0.1) is 5.10 Å². The molecule has 0 saturated carbocycles. The fraction of sp³-hybridized carbons (Fsp3) is 0.429. The van der Waals surface area contributed by atoms with E-state index < -0.39 is 18.8 Å². The van der Waals surface area contributed by atoms with E-state index in [0.29, 0.717) is 0 Å². The molecule has 72 valence electrons. The quantitative estimate of drug-likeness (QED) is 0.453. The predicted octanol–water partition coefficient (Wildman–Crippen LogP) is -1.55. The lowest BCUT2D eigenvalue weighted by molar-refractivity contribution is -0.0176. The maximum atomic E-state index is 9.33. The molecule has 0 aliphatic rings. The number of nitrogens with zero attached hydrogens (tertiary/aromatic N) is 2. The molecule has 0 spiro atoms. The molecule has 0 aromatic carbocycles. The van der Waals surface area contributed by atoms with E-state index in [1.165, 1.54) is 12.1 Å². The smallest absolute Gasteiger partial charge is 0.146 e. The summed E-state index contributed by atoms with van der Waals surface area (Å²) in [5, 5.41) is 34.0. The van der Waals surface area contributed by atoms with E-state index in [0.717, 1.165) is 0 Å². The van der Waals surface area contributed by atoms with Crippen LogP contribution in [0.4, 0.5) is 5.82 Å². The van der Waals surface area contributed by atoms with Gasteiger partial charge in [0.05, 0.1) is 12.3 Å². The standard InChI is InChI=1S/C7H11N3O3/c8-6-2-1-4(9-10-6)7(13)5(12)3-11/h1-2,5,7,11-13H,3H2,(H2,8,10). The molecule has 0 fully saturated rings. The predicted molar refractivity (Wildman–Crippen MR) is 44.5 cm³/mol. The van der Waals surface area contributed by atoms with Crippen LogP contribution >= 0.6 is 0 Å². The number of aromatic nitrogens is 2. The van der Waals surface area contributed by atoms with Crippen LogP contribution < -0.4 is 5.73 Å². The molecule has 0 amide bonds. The van der Waals surface area contributed by atoms with Crippen molar-refractivity contribution >= 4 is 5.82 Å². The molecular formula is C7H11N3O3. The minimum Gasteiger partial charge on any atom is -0.394 e. The Labute approximate surface area is 74.7 Å². The third-order valence-corrected chi connectivity index (χ3v) is 1.56. The molecule has 2 unspecified atom stereocenters. The van der Waals surface area contributed by atoms with Gasteiger partial charge in [-0.2, -0.15) is 5.10 Å². The Morgan fingerprint density at radius 3 is 2.46 bits per heavy atom. The number of rotatable bonds is 3. The molecule has 6 heteroatoms. The highest BCUT2D eigenvalue weighted by atomic mass is 16.4. The van der Waals surface area contributed by atoms with Crippen LogP contribution in [0.5, 0.6) is 0 Å². The Bertz CT molecular complexity index is 264. The van der Waals surface area contributed by atoms with Gasteiger partial charge >= 0.3 is 0 Å². The largest absolute Gasteiger partial charge is 0.394 e. The molecule has 5 N–H and O–H groups in total. The maximum absolute atomic E-state index is 9.33. The van der Waals surface area contributed by atoms with Crippen molar-refractivity contribution in [1.29, 1.82) is 0 Å². The Balaban J connectivity index is 2.77. The van der Waals surface area contributed by atoms with Crippen molar-refractivity contribution in [2.24, 2.45) is 0 Å². The first kappa shape index (κ1) is 9.85. The van der Waals surface area contributed by atoms with Crippen molar-refractivity contribution in [1.82, 2.24) is 10.2 Å². The Hall–Kier alpha value is -1.24. The number of hydrogen-bond donors (Lipinski definition) is 4. The van der Waals surface area contributed by atoms with E-state index in [2.05, 4.69) is 10.2 Å². The van der Waals surface area contributed by atoms with Crippen molar-refractivity contribution in [3.05, 3.63) is 17.8 Å². The summed E-state index contributed by atoms with van der Waals surface area (Å²) in [5.74, 6) is 0.231. The van der Waals surface area contributed by atoms with Gasteiger partial charge in [0.25, 0.3) is 0 Å². The van der Waals surface area contributed by atoms with E-state index in [1.54, 1.807) is 0 Å². The molecule has 0 aliphatic carbocycles. The molecule has 0 saturated heterocycles. The van der Waals surface area contributed by atoms with Gasteiger partial charge in [0.15, 0.2) is 0 Å². The summed E-state index contributed by atoms with van der Waals surface area (Å²) in [6.45, 7) is -0.535. The average molecular weight is 185 g/mol. The number of aliphatic hydroxyl groups is 3. The van der Waals surface area contributed by atoms with Gasteiger partial charge in [-0.3, -0.25) is 0 Å². The van der Waals surface area contributed by atoms with E-state index in [9.17, 15) is 5.11 Å². The number of aliphatic hydroxyl groups excluding tert-OH is 3. The van der Waals surface area contributed by atoms with Crippen molar-refractivity contribution in [3.8, 4) is 0 Å². The molecule has 2 atom stereocenters. The molecule has 0 aliphatic heterocycles. The van der Waals surface area contributed by atoms with Gasteiger partial charge in [0, 0.05) is 0 Å². The number of anilines is 1. The topological polar surface area (TPSA) is 112 Å². The first-order valence-electron chi connectivity index (χ1n) is 3.71. The van der Waals surface area contributed by atoms with Gasteiger partial charge in [-0.25, -0.2) is 0 Å². The van der Waals surface area contributed by atoms with Crippen LogP contribution in [0.2, 0.25) is 0 Å². The molecule has 1 aromatic heterocycles. The molecular weight excluding hydrogens is 174 g/mol. The second-order valence-corrected chi connectivity index (χ2v) is 2.58. The lowest BCUT2D eigenvalue weighted by atomic mass is 10.1. The SMILES string of the molecule is Nc1ccc(C(O)C(O)CO)nn1. The van der Waals surface area contributed by atoms with Crippen molar-refractivity contribution in [2.45, 2.75) is 12.2 Å². The minimum atomic E-state index is -1.25. The van der Waals surface area contributed by atoms with Crippen LogP contribution in [-0.4, -0.2) is 38.2 Å². The molecule has 1 heterocycles. The molecule has 0 bridgehead atoms. The summed E-state index contributed by atoms with van der Waals surface area (Å²) in [4.78, 5) is 0. The summed E-state index contributed by atoms with van der Waals surface area (Å²) in [7, 11) is 0. The lowest BCUT2D eigenvalue weighted by Gasteiger charge is -2.13. The number of hydrogen-bond acceptors (Lipinski definition) is 6. The zero-order valence-corrected chi connectivity index (χ0v) is 6.83. The zero-order chi connectivity index (χ0) is 9.84. The van der Waals surface area contributed by atoms with Gasteiger partial charge < -0.3 is 21.1 Å². The summed E-state index contributed by atoms with van der Waals surface area (Å²) >= 11 is 0. The van der Waals surface area contributed by atoms with Crippen LogP contribution in [0.3, 0.4) is 0 Å². The summed E-state index contributed by atoms with van der Waals surface area (Å²) < 4.78 is 0. The summed E-state index contributed by atoms with van der Waals surface area (Å²) in [6, 6.07) is 2.89. The van der Waals surface area contributed by atoms with Gasteiger partial charge in [-0.1, -0.05) is 0 Å². The third-order valence-electron chi connectivity index (χ3n) is 1.56. The van der Waals surface area contributed by atoms with E-state index in [-0.39, 0.29) is 11.5 Å². The molecule has 6 nitrogen and oxygen atoms in total. The fourth-order valence-corrected chi connectivity index (χ4v) is 0.808. The summed E-state index contributed by atoms with van der Waals surface area (Å²) in [6.07, 6.45) is -2.49. The van der Waals surface area contributed by atoms with Crippen LogP contribution in [0.25, 0.3) is 0 Å². The second-order valence-electron chi connectivity index (χ2n) is 2.58. The van der Waals surface area contributed by atoms with E-state index >= 15 is 0 Å². The number of nitrogen functional groups attached to an aromatic ring is 1. The maximum Gasteiger partial charge on any atom is 0.146 e. The van der Waals surface area contributed by atoms with Crippen LogP contribution in [0.15, 0.2) is 12.1 Å². The third kappa shape index (κ3) is 2.35. The van der Waals surface area contributed by atoms with E-state index in [4.69, 9.17) is 15.9 Å². The molecule has 1 rings (SSSR count). The van der Waals surface area contributed by atoms with Gasteiger partial charge in [0.2, 0.25) is 0 Å². The highest BCUT2D eigenvalue weighted by molar-refractivity contribution is 5.26. The lowest BCUT2D eigenvalue weighted by Crippen LogP contribution is -2.23. The van der Waals surface area contributed by atoms with Crippen LogP contribution in [0, 0.1) is 0 Å². The average Bonchev–Trinajstić information content (AvgIpc) is 2.17. The fourth-order valence-electron chi connectivity index (χ4n) is 0.808. The first-order chi connectivity index (χ1) is 6.15. The molecule has 0 radical (unpaired) electrons. The van der Waals surface area contributed by atoms with Crippen LogP contribution in [0.1, 0.15) is 11.8 Å². The number of nitrogens with two attached hydrogens (primary N) is 1. The van der Waals surface area contributed by atoms with Gasteiger partial charge in [-0.05, 0) is 12.1 Å². The van der Waals surface area contributed by atoms with E-state index in [1.807, 2.05) is 0 Å². The van der Waals surface area contributed by atoms with Gasteiger partial charge in [0.1, 0.15) is 18.0 Å². The minimum absolute atomic E-state index is 0.177. The monoisotopic (exact) mass is 185 g/mol. The molecule has 1 aromatic rings. The second kappa shape index (κ2) is 4.13. The first-order valence-corrected chi connectivity index (χ1v) is 3.71. The van der Waals surface area contributed by atoms with Crippen molar-refractivity contribution in [2.75, 3.05) is 12.3 Å². The van der Waals surface area contributed by atoms with Crippen molar-refractivity contribution in [3.63, 3.8) is 0 Å². The Kier molecular flexibility index (Phi) is 3.13. The van der Waals surface area contributed by atoms with Crippen LogP contribution in [-0.2, 0) is 0 Å². The molecule has 13 heavy (non-hydrogen) atoms. The summed E-state index contributed by atoms with van der Waals surface area (Å²) in [5.41, 5.74) is 5.44. The Morgan fingerprint density at radius 1 is 1.31 bits per heavy atom. The highest BCUT2D eigenvalue weighted by Crippen LogP contribution is 2.13.